The maximum absolute atomic E-state index is 12.5. The summed E-state index contributed by atoms with van der Waals surface area (Å²) in [5, 5.41) is 7.03. The highest BCUT2D eigenvalue weighted by atomic mass is 16.5. The SMILES string of the molecule is COc1ccc2c(c1)-c1onc(C(=O)N[C@H](C)C(C)C)c1CC2. The lowest BCUT2D eigenvalue weighted by Gasteiger charge is -2.18. The van der Waals surface area contributed by atoms with Crippen LogP contribution < -0.4 is 10.1 Å². The molecule has 5 nitrogen and oxygen atoms in total. The molecule has 0 saturated heterocycles. The van der Waals surface area contributed by atoms with E-state index in [9.17, 15) is 4.79 Å². The van der Waals surface area contributed by atoms with E-state index < -0.39 is 0 Å². The van der Waals surface area contributed by atoms with Crippen molar-refractivity contribution in [3.63, 3.8) is 0 Å². The second-order valence-corrected chi connectivity index (χ2v) is 6.37. The number of nitrogens with zero attached hydrogens (tertiary/aromatic N) is 1. The van der Waals surface area contributed by atoms with Gasteiger partial charge in [-0.3, -0.25) is 4.79 Å². The molecule has 1 aliphatic rings. The summed E-state index contributed by atoms with van der Waals surface area (Å²) >= 11 is 0. The molecule has 0 fully saturated rings. The quantitative estimate of drug-likeness (QED) is 0.941. The van der Waals surface area contributed by atoms with E-state index in [2.05, 4.69) is 24.3 Å². The highest BCUT2D eigenvalue weighted by Crippen LogP contribution is 2.37. The number of ether oxygens (including phenoxy) is 1. The number of hydrogen-bond acceptors (Lipinski definition) is 4. The topological polar surface area (TPSA) is 64.4 Å². The summed E-state index contributed by atoms with van der Waals surface area (Å²) in [5.74, 6) is 1.66. The van der Waals surface area contributed by atoms with Crippen molar-refractivity contribution in [2.75, 3.05) is 7.11 Å². The Morgan fingerprint density at radius 2 is 2.09 bits per heavy atom. The molecule has 1 heterocycles. The normalized spacial score (nSPS) is 14.1. The lowest BCUT2D eigenvalue weighted by Crippen LogP contribution is -2.36. The highest BCUT2D eigenvalue weighted by Gasteiger charge is 2.28. The van der Waals surface area contributed by atoms with E-state index in [1.54, 1.807) is 7.11 Å². The summed E-state index contributed by atoms with van der Waals surface area (Å²) in [5.41, 5.74) is 3.45. The van der Waals surface area contributed by atoms with E-state index in [1.807, 2.05) is 25.1 Å². The van der Waals surface area contributed by atoms with Gasteiger partial charge in [0.05, 0.1) is 7.11 Å². The monoisotopic (exact) mass is 314 g/mol. The van der Waals surface area contributed by atoms with Crippen molar-refractivity contribution in [1.29, 1.82) is 0 Å². The second kappa shape index (κ2) is 6.07. The van der Waals surface area contributed by atoms with Crippen molar-refractivity contribution < 1.29 is 14.1 Å². The number of nitrogens with one attached hydrogen (secondary N) is 1. The first-order valence-corrected chi connectivity index (χ1v) is 7.98. The minimum Gasteiger partial charge on any atom is -0.497 e. The van der Waals surface area contributed by atoms with Gasteiger partial charge in [-0.15, -0.1) is 0 Å². The van der Waals surface area contributed by atoms with Crippen LogP contribution in [0, 0.1) is 5.92 Å². The number of carbonyl (C=O) groups is 1. The number of hydrogen-bond donors (Lipinski definition) is 1. The number of rotatable bonds is 4. The molecule has 1 amide bonds. The number of methoxy groups -OCH3 is 1. The van der Waals surface area contributed by atoms with E-state index in [4.69, 9.17) is 9.26 Å². The van der Waals surface area contributed by atoms with Crippen molar-refractivity contribution in [3.8, 4) is 17.1 Å². The summed E-state index contributed by atoms with van der Waals surface area (Å²) in [4.78, 5) is 12.5. The maximum Gasteiger partial charge on any atom is 0.273 e. The Balaban J connectivity index is 1.94. The van der Waals surface area contributed by atoms with Crippen LogP contribution >= 0.6 is 0 Å². The van der Waals surface area contributed by atoms with Crippen molar-refractivity contribution in [3.05, 3.63) is 35.0 Å². The number of carbonyl (C=O) groups excluding carboxylic acids is 1. The zero-order valence-electron chi connectivity index (χ0n) is 14.0. The van der Waals surface area contributed by atoms with E-state index in [-0.39, 0.29) is 11.9 Å². The molecule has 0 radical (unpaired) electrons. The van der Waals surface area contributed by atoms with Crippen LogP contribution in [0.2, 0.25) is 0 Å². The van der Waals surface area contributed by atoms with Crippen molar-refractivity contribution in [2.24, 2.45) is 5.92 Å². The molecular weight excluding hydrogens is 292 g/mol. The Hall–Kier alpha value is -2.30. The lowest BCUT2D eigenvalue weighted by molar-refractivity contribution is 0.0920. The Kier molecular flexibility index (Phi) is 4.11. The van der Waals surface area contributed by atoms with Gasteiger partial charge in [0.25, 0.3) is 5.91 Å². The first-order valence-electron chi connectivity index (χ1n) is 7.98. The molecule has 0 aliphatic heterocycles. The van der Waals surface area contributed by atoms with Gasteiger partial charge in [0, 0.05) is 17.2 Å². The maximum atomic E-state index is 12.5. The molecule has 5 heteroatoms. The first-order chi connectivity index (χ1) is 11.0. The summed E-state index contributed by atoms with van der Waals surface area (Å²) in [6, 6.07) is 6.01. The van der Waals surface area contributed by atoms with Gasteiger partial charge < -0.3 is 14.6 Å². The van der Waals surface area contributed by atoms with Crippen LogP contribution in [0.25, 0.3) is 11.3 Å². The molecule has 0 spiro atoms. The van der Waals surface area contributed by atoms with Crippen LogP contribution in [0.1, 0.15) is 42.4 Å². The average Bonchev–Trinajstić information content (AvgIpc) is 2.98. The Morgan fingerprint density at radius 3 is 2.78 bits per heavy atom. The summed E-state index contributed by atoms with van der Waals surface area (Å²) in [7, 11) is 1.64. The van der Waals surface area contributed by atoms with E-state index in [1.165, 1.54) is 5.56 Å². The number of aryl methyl sites for hydroxylation is 1. The highest BCUT2D eigenvalue weighted by molar-refractivity contribution is 5.95. The number of amides is 1. The summed E-state index contributed by atoms with van der Waals surface area (Å²) in [6.07, 6.45) is 1.63. The molecular formula is C18H22N2O3. The molecule has 0 bridgehead atoms. The fraction of sp³-hybridized carbons (Fsp3) is 0.444. The average molecular weight is 314 g/mol. The number of aromatic nitrogens is 1. The van der Waals surface area contributed by atoms with Crippen LogP contribution in [-0.2, 0) is 12.8 Å². The van der Waals surface area contributed by atoms with Gasteiger partial charge in [-0.05, 0) is 43.4 Å². The van der Waals surface area contributed by atoms with Crippen LogP contribution in [0.4, 0.5) is 0 Å². The van der Waals surface area contributed by atoms with E-state index in [0.29, 0.717) is 17.4 Å². The zero-order chi connectivity index (χ0) is 16.6. The summed E-state index contributed by atoms with van der Waals surface area (Å²) < 4.78 is 10.8. The molecule has 3 rings (SSSR count). The minimum atomic E-state index is -0.164. The van der Waals surface area contributed by atoms with Gasteiger partial charge in [-0.1, -0.05) is 25.1 Å². The fourth-order valence-corrected chi connectivity index (χ4v) is 2.74. The number of fused-ring (bicyclic) bond motifs is 3. The van der Waals surface area contributed by atoms with Crippen molar-refractivity contribution in [2.45, 2.75) is 39.7 Å². The molecule has 1 atom stereocenters. The molecule has 0 saturated carbocycles. The predicted molar refractivity (Wildman–Crippen MR) is 87.7 cm³/mol. The number of benzene rings is 1. The van der Waals surface area contributed by atoms with Crippen molar-refractivity contribution in [1.82, 2.24) is 10.5 Å². The third-order valence-electron chi connectivity index (χ3n) is 4.57. The van der Waals surface area contributed by atoms with Gasteiger partial charge >= 0.3 is 0 Å². The molecule has 1 N–H and O–H groups in total. The molecule has 2 aromatic rings. The fourth-order valence-electron chi connectivity index (χ4n) is 2.74. The molecule has 1 aromatic heterocycles. The second-order valence-electron chi connectivity index (χ2n) is 6.37. The lowest BCUT2D eigenvalue weighted by atomic mass is 9.89. The third kappa shape index (κ3) is 2.83. The van der Waals surface area contributed by atoms with Crippen LogP contribution in [-0.4, -0.2) is 24.2 Å². The van der Waals surface area contributed by atoms with Crippen LogP contribution in [0.15, 0.2) is 22.7 Å². The van der Waals surface area contributed by atoms with Gasteiger partial charge in [0.1, 0.15) is 5.75 Å². The van der Waals surface area contributed by atoms with Gasteiger partial charge in [0.2, 0.25) is 0 Å². The standard InChI is InChI=1S/C18H22N2O3/c1-10(2)11(3)19-18(21)16-14-8-6-12-5-7-13(22-4)9-15(12)17(14)23-20-16/h5,7,9-11H,6,8H2,1-4H3,(H,19,21)/t11-/m1/s1. The van der Waals surface area contributed by atoms with Crippen LogP contribution in [0.5, 0.6) is 5.75 Å². The molecule has 1 aliphatic carbocycles. The molecule has 122 valence electrons. The Labute approximate surface area is 136 Å². The van der Waals surface area contributed by atoms with E-state index >= 15 is 0 Å². The first kappa shape index (κ1) is 15.6. The predicted octanol–water partition coefficient (Wildman–Crippen LogP) is 3.22. The van der Waals surface area contributed by atoms with Crippen LogP contribution in [0.3, 0.4) is 0 Å². The van der Waals surface area contributed by atoms with Gasteiger partial charge in [-0.2, -0.15) is 0 Å². The Morgan fingerprint density at radius 1 is 1.30 bits per heavy atom. The largest absolute Gasteiger partial charge is 0.497 e. The molecule has 1 aromatic carbocycles. The molecule has 23 heavy (non-hydrogen) atoms. The van der Waals surface area contributed by atoms with E-state index in [0.717, 1.165) is 29.7 Å². The zero-order valence-corrected chi connectivity index (χ0v) is 14.0. The summed E-state index contributed by atoms with van der Waals surface area (Å²) in [6.45, 7) is 6.15. The third-order valence-corrected chi connectivity index (χ3v) is 4.57. The minimum absolute atomic E-state index is 0.0887. The van der Waals surface area contributed by atoms with Gasteiger partial charge in [-0.25, -0.2) is 0 Å². The van der Waals surface area contributed by atoms with Gasteiger partial charge in [0.15, 0.2) is 11.5 Å². The van der Waals surface area contributed by atoms with Crippen molar-refractivity contribution >= 4 is 5.91 Å². The smallest absolute Gasteiger partial charge is 0.273 e. The molecule has 0 unspecified atom stereocenters. The Bertz CT molecular complexity index is 734.